The number of aromatic nitrogens is 2. The van der Waals surface area contributed by atoms with E-state index in [1.165, 1.54) is 7.11 Å². The van der Waals surface area contributed by atoms with Crippen LogP contribution in [0.15, 0.2) is 12.4 Å². The molecule has 1 aromatic heterocycles. The van der Waals surface area contributed by atoms with Gasteiger partial charge in [0.2, 0.25) is 0 Å². The zero-order valence-electron chi connectivity index (χ0n) is 11.5. The number of hydrogen-bond acceptors (Lipinski definition) is 5. The third kappa shape index (κ3) is 4.41. The highest BCUT2D eigenvalue weighted by Gasteiger charge is 2.25. The van der Waals surface area contributed by atoms with E-state index in [1.54, 1.807) is 12.4 Å². The summed E-state index contributed by atoms with van der Waals surface area (Å²) in [5, 5.41) is 3.34. The third-order valence-corrected chi connectivity index (χ3v) is 3.07. The molecular formula is C13H21N3O2. The Hall–Kier alpha value is -1.49. The van der Waals surface area contributed by atoms with E-state index in [9.17, 15) is 4.79 Å². The third-order valence-electron chi connectivity index (χ3n) is 3.07. The minimum absolute atomic E-state index is 0.207. The Morgan fingerprint density at radius 3 is 2.67 bits per heavy atom. The molecule has 0 amide bonds. The SMILES string of the molecule is CC[C@@](C)(CC(=O)OC)NCc1cnc(C)cn1. The Morgan fingerprint density at radius 1 is 1.44 bits per heavy atom. The largest absolute Gasteiger partial charge is 0.469 e. The Kier molecular flexibility index (Phi) is 5.22. The summed E-state index contributed by atoms with van der Waals surface area (Å²) in [5.41, 5.74) is 1.48. The van der Waals surface area contributed by atoms with Gasteiger partial charge in [0.15, 0.2) is 0 Å². The molecule has 0 saturated carbocycles. The minimum atomic E-state index is -0.278. The first kappa shape index (κ1) is 14.6. The molecule has 0 fully saturated rings. The van der Waals surface area contributed by atoms with Crippen LogP contribution in [0.3, 0.4) is 0 Å². The van der Waals surface area contributed by atoms with Gasteiger partial charge in [-0.1, -0.05) is 6.92 Å². The van der Waals surface area contributed by atoms with Gasteiger partial charge in [-0.2, -0.15) is 0 Å². The molecule has 1 atom stereocenters. The van der Waals surface area contributed by atoms with E-state index in [4.69, 9.17) is 4.74 Å². The predicted molar refractivity (Wildman–Crippen MR) is 68.9 cm³/mol. The smallest absolute Gasteiger partial charge is 0.307 e. The number of hydrogen-bond donors (Lipinski definition) is 1. The molecule has 0 spiro atoms. The average molecular weight is 251 g/mol. The first-order valence-corrected chi connectivity index (χ1v) is 6.08. The molecule has 5 heteroatoms. The molecule has 0 unspecified atom stereocenters. The number of carbonyl (C=O) groups excluding carboxylic acids is 1. The van der Waals surface area contributed by atoms with E-state index in [-0.39, 0.29) is 11.5 Å². The van der Waals surface area contributed by atoms with Crippen molar-refractivity contribution >= 4 is 5.97 Å². The molecule has 18 heavy (non-hydrogen) atoms. The van der Waals surface area contributed by atoms with Gasteiger partial charge in [-0.3, -0.25) is 14.8 Å². The molecule has 5 nitrogen and oxygen atoms in total. The van der Waals surface area contributed by atoms with Crippen LogP contribution >= 0.6 is 0 Å². The summed E-state index contributed by atoms with van der Waals surface area (Å²) in [7, 11) is 1.41. The fraction of sp³-hybridized carbons (Fsp3) is 0.615. The van der Waals surface area contributed by atoms with Crippen molar-refractivity contribution in [3.63, 3.8) is 0 Å². The topological polar surface area (TPSA) is 64.1 Å². The van der Waals surface area contributed by atoms with Crippen molar-refractivity contribution in [2.75, 3.05) is 7.11 Å². The van der Waals surface area contributed by atoms with E-state index in [0.29, 0.717) is 13.0 Å². The number of esters is 1. The van der Waals surface area contributed by atoms with Crippen molar-refractivity contribution < 1.29 is 9.53 Å². The molecule has 0 bridgehead atoms. The average Bonchev–Trinajstić information content (AvgIpc) is 2.38. The number of methoxy groups -OCH3 is 1. The van der Waals surface area contributed by atoms with Gasteiger partial charge in [0.05, 0.1) is 24.9 Å². The lowest BCUT2D eigenvalue weighted by atomic mass is 9.94. The van der Waals surface area contributed by atoms with Crippen LogP contribution in [0, 0.1) is 6.92 Å². The van der Waals surface area contributed by atoms with Crippen molar-refractivity contribution in [2.45, 2.75) is 45.7 Å². The van der Waals surface area contributed by atoms with Crippen LogP contribution in [0.25, 0.3) is 0 Å². The summed E-state index contributed by atoms with van der Waals surface area (Å²) < 4.78 is 4.71. The maximum absolute atomic E-state index is 11.4. The van der Waals surface area contributed by atoms with Crippen molar-refractivity contribution in [1.29, 1.82) is 0 Å². The highest BCUT2D eigenvalue weighted by Crippen LogP contribution is 2.15. The zero-order valence-corrected chi connectivity index (χ0v) is 11.5. The molecule has 1 rings (SSSR count). The van der Waals surface area contributed by atoms with E-state index in [2.05, 4.69) is 15.3 Å². The van der Waals surface area contributed by atoms with Gasteiger partial charge in [0.25, 0.3) is 0 Å². The number of rotatable bonds is 6. The number of ether oxygens (including phenoxy) is 1. The van der Waals surface area contributed by atoms with Gasteiger partial charge in [0, 0.05) is 24.5 Å². The summed E-state index contributed by atoms with van der Waals surface area (Å²) >= 11 is 0. The quantitative estimate of drug-likeness (QED) is 0.778. The molecule has 1 heterocycles. The second-order valence-electron chi connectivity index (χ2n) is 4.67. The van der Waals surface area contributed by atoms with Gasteiger partial charge in [-0.15, -0.1) is 0 Å². The Labute approximate surface area is 108 Å². The zero-order chi connectivity index (χ0) is 13.6. The van der Waals surface area contributed by atoms with E-state index < -0.39 is 0 Å². The normalized spacial score (nSPS) is 14.0. The van der Waals surface area contributed by atoms with Gasteiger partial charge >= 0.3 is 5.97 Å². The van der Waals surface area contributed by atoms with Crippen LogP contribution in [-0.4, -0.2) is 28.6 Å². The molecule has 0 aliphatic carbocycles. The first-order chi connectivity index (χ1) is 8.49. The Morgan fingerprint density at radius 2 is 2.17 bits per heavy atom. The number of nitrogens with zero attached hydrogens (tertiary/aromatic N) is 2. The van der Waals surface area contributed by atoms with Crippen LogP contribution in [0.5, 0.6) is 0 Å². The highest BCUT2D eigenvalue weighted by molar-refractivity contribution is 5.70. The molecule has 0 aromatic carbocycles. The molecule has 1 N–H and O–H groups in total. The molecule has 0 aliphatic heterocycles. The Balaban J connectivity index is 2.57. The van der Waals surface area contributed by atoms with Gasteiger partial charge in [0.1, 0.15) is 0 Å². The number of nitrogens with one attached hydrogen (secondary N) is 1. The van der Waals surface area contributed by atoms with E-state index in [0.717, 1.165) is 17.8 Å². The molecule has 0 aliphatic rings. The van der Waals surface area contributed by atoms with Crippen LogP contribution in [-0.2, 0) is 16.1 Å². The Bertz CT molecular complexity index is 392. The lowest BCUT2D eigenvalue weighted by Crippen LogP contribution is -2.43. The fourth-order valence-corrected chi connectivity index (χ4v) is 1.52. The van der Waals surface area contributed by atoms with Crippen LogP contribution in [0.1, 0.15) is 38.1 Å². The maximum atomic E-state index is 11.4. The molecular weight excluding hydrogens is 230 g/mol. The van der Waals surface area contributed by atoms with Crippen LogP contribution < -0.4 is 5.32 Å². The summed E-state index contributed by atoms with van der Waals surface area (Å²) in [4.78, 5) is 19.8. The van der Waals surface area contributed by atoms with Crippen LogP contribution in [0.4, 0.5) is 0 Å². The van der Waals surface area contributed by atoms with Gasteiger partial charge in [-0.05, 0) is 20.3 Å². The van der Waals surface area contributed by atoms with Crippen LogP contribution in [0.2, 0.25) is 0 Å². The molecule has 1 aromatic rings. The standard InChI is InChI=1S/C13H21N3O2/c1-5-13(3,6-12(17)18-4)16-9-11-8-14-10(2)7-15-11/h7-8,16H,5-6,9H2,1-4H3/t13-/m0/s1. The fourth-order valence-electron chi connectivity index (χ4n) is 1.52. The number of aryl methyl sites for hydroxylation is 1. The van der Waals surface area contributed by atoms with Crippen molar-refractivity contribution in [1.82, 2.24) is 15.3 Å². The second kappa shape index (κ2) is 6.44. The van der Waals surface area contributed by atoms with Crippen molar-refractivity contribution in [3.8, 4) is 0 Å². The minimum Gasteiger partial charge on any atom is -0.469 e. The summed E-state index contributed by atoms with van der Waals surface area (Å²) in [6.07, 6.45) is 4.66. The highest BCUT2D eigenvalue weighted by atomic mass is 16.5. The van der Waals surface area contributed by atoms with Gasteiger partial charge < -0.3 is 10.1 Å². The summed E-state index contributed by atoms with van der Waals surface area (Å²) in [6.45, 7) is 6.54. The second-order valence-corrected chi connectivity index (χ2v) is 4.67. The summed E-state index contributed by atoms with van der Waals surface area (Å²) in [6, 6.07) is 0. The summed E-state index contributed by atoms with van der Waals surface area (Å²) in [5.74, 6) is -0.207. The lowest BCUT2D eigenvalue weighted by molar-refractivity contribution is -0.142. The number of carbonyl (C=O) groups is 1. The predicted octanol–water partition coefficient (Wildman–Crippen LogP) is 1.61. The first-order valence-electron chi connectivity index (χ1n) is 6.08. The molecule has 100 valence electrons. The van der Waals surface area contributed by atoms with Crippen molar-refractivity contribution in [2.24, 2.45) is 0 Å². The maximum Gasteiger partial charge on any atom is 0.307 e. The monoisotopic (exact) mass is 251 g/mol. The lowest BCUT2D eigenvalue weighted by Gasteiger charge is -2.28. The van der Waals surface area contributed by atoms with E-state index in [1.807, 2.05) is 20.8 Å². The van der Waals surface area contributed by atoms with Gasteiger partial charge in [-0.25, -0.2) is 0 Å². The van der Waals surface area contributed by atoms with Crippen molar-refractivity contribution in [3.05, 3.63) is 23.8 Å². The molecule has 0 saturated heterocycles. The van der Waals surface area contributed by atoms with E-state index >= 15 is 0 Å². The molecule has 0 radical (unpaired) electrons.